The van der Waals surface area contributed by atoms with Crippen molar-refractivity contribution in [3.05, 3.63) is 22.7 Å². The van der Waals surface area contributed by atoms with Crippen LogP contribution in [0.25, 0.3) is 0 Å². The zero-order valence-electron chi connectivity index (χ0n) is 11.4. The van der Waals surface area contributed by atoms with E-state index in [9.17, 15) is 15.0 Å². The fraction of sp³-hybridized carbons (Fsp3) is 0.667. The average molecular weight is 285 g/mol. The van der Waals surface area contributed by atoms with Crippen molar-refractivity contribution in [1.29, 1.82) is 0 Å². The van der Waals surface area contributed by atoms with Crippen LogP contribution in [0.3, 0.4) is 0 Å². The van der Waals surface area contributed by atoms with Crippen molar-refractivity contribution in [2.75, 3.05) is 13.2 Å². The fourth-order valence-corrected chi connectivity index (χ4v) is 2.26. The Bertz CT molecular complexity index is 534. The third kappa shape index (κ3) is 2.42. The highest BCUT2D eigenvalue weighted by molar-refractivity contribution is 5.07. The summed E-state index contributed by atoms with van der Waals surface area (Å²) in [6.45, 7) is 3.33. The van der Waals surface area contributed by atoms with Gasteiger partial charge in [-0.05, 0) is 6.92 Å². The van der Waals surface area contributed by atoms with Crippen LogP contribution in [-0.2, 0) is 4.74 Å². The number of aromatic nitrogens is 2. The maximum absolute atomic E-state index is 12.0. The van der Waals surface area contributed by atoms with Gasteiger partial charge < -0.3 is 19.7 Å². The first kappa shape index (κ1) is 14.9. The number of aliphatic hydroxyl groups is 2. The molecule has 2 heterocycles. The topological polar surface area (TPSA) is 120 Å². The summed E-state index contributed by atoms with van der Waals surface area (Å²) in [5, 5.41) is 19.2. The van der Waals surface area contributed by atoms with Gasteiger partial charge in [0.15, 0.2) is 5.72 Å². The van der Waals surface area contributed by atoms with Crippen LogP contribution < -0.4 is 16.2 Å². The lowest BCUT2D eigenvalue weighted by molar-refractivity contribution is -0.125. The van der Waals surface area contributed by atoms with Crippen molar-refractivity contribution in [1.82, 2.24) is 9.55 Å². The van der Waals surface area contributed by atoms with Gasteiger partial charge >= 0.3 is 5.69 Å². The van der Waals surface area contributed by atoms with Crippen LogP contribution in [0.15, 0.2) is 17.1 Å². The summed E-state index contributed by atoms with van der Waals surface area (Å²) in [5.41, 5.74) is 3.62. The Morgan fingerprint density at radius 3 is 2.85 bits per heavy atom. The molecule has 0 amide bonds. The van der Waals surface area contributed by atoms with E-state index in [1.54, 1.807) is 13.8 Å². The Morgan fingerprint density at radius 2 is 2.35 bits per heavy atom. The summed E-state index contributed by atoms with van der Waals surface area (Å²) >= 11 is 0. The maximum atomic E-state index is 12.0. The second kappa shape index (κ2) is 5.49. The van der Waals surface area contributed by atoms with Crippen molar-refractivity contribution in [3.8, 4) is 5.88 Å². The van der Waals surface area contributed by atoms with Crippen LogP contribution in [0.5, 0.6) is 5.88 Å². The molecule has 0 aliphatic carbocycles. The molecule has 0 spiro atoms. The average Bonchev–Trinajstić information content (AvgIpc) is 2.65. The number of nitrogens with zero attached hydrogens (tertiary/aromatic N) is 2. The van der Waals surface area contributed by atoms with Gasteiger partial charge in [-0.3, -0.25) is 10.3 Å². The van der Waals surface area contributed by atoms with E-state index in [-0.39, 0.29) is 5.88 Å². The van der Waals surface area contributed by atoms with Crippen molar-refractivity contribution in [3.63, 3.8) is 0 Å². The molecule has 8 heteroatoms. The summed E-state index contributed by atoms with van der Waals surface area (Å²) in [7, 11) is 0. The summed E-state index contributed by atoms with van der Waals surface area (Å²) in [6.07, 6.45) is -0.411. The van der Waals surface area contributed by atoms with E-state index in [0.29, 0.717) is 6.61 Å². The molecule has 1 aromatic heterocycles. The van der Waals surface area contributed by atoms with Gasteiger partial charge in [0.05, 0.1) is 13.2 Å². The van der Waals surface area contributed by atoms with Gasteiger partial charge in [-0.15, -0.1) is 0 Å². The fourth-order valence-electron chi connectivity index (χ4n) is 2.26. The number of aliphatic hydroxyl groups excluding tert-OH is 2. The standard InChI is InChI=1S/C12H19N3O5/c1-3-19-8-4-5-15(11(18)14-8)10-7(2)9(17)12(13,6-16)20-10/h4-5,7,9-10,16-17H,3,6,13H2,1-2H3. The molecule has 1 aliphatic heterocycles. The SMILES string of the molecule is CCOc1ccn(C2OC(N)(CO)C(O)C2C)c(=O)n1. The van der Waals surface area contributed by atoms with Gasteiger partial charge in [0.2, 0.25) is 5.88 Å². The molecule has 112 valence electrons. The highest BCUT2D eigenvalue weighted by Gasteiger charge is 2.51. The van der Waals surface area contributed by atoms with Gasteiger partial charge in [0.1, 0.15) is 12.3 Å². The number of hydrogen-bond acceptors (Lipinski definition) is 7. The van der Waals surface area contributed by atoms with Crippen molar-refractivity contribution in [2.45, 2.75) is 31.9 Å². The number of nitrogens with two attached hydrogens (primary N) is 1. The van der Waals surface area contributed by atoms with Gasteiger partial charge in [-0.1, -0.05) is 6.92 Å². The van der Waals surface area contributed by atoms with E-state index in [0.717, 1.165) is 0 Å². The van der Waals surface area contributed by atoms with Crippen LogP contribution in [0.2, 0.25) is 0 Å². The molecule has 1 aliphatic rings. The van der Waals surface area contributed by atoms with Crippen LogP contribution in [0.1, 0.15) is 20.1 Å². The quantitative estimate of drug-likeness (QED) is 0.636. The Kier molecular flexibility index (Phi) is 4.09. The Hall–Kier alpha value is -1.48. The van der Waals surface area contributed by atoms with Crippen LogP contribution in [0, 0.1) is 5.92 Å². The van der Waals surface area contributed by atoms with Gasteiger partial charge in [-0.25, -0.2) is 4.79 Å². The van der Waals surface area contributed by atoms with Crippen molar-refractivity contribution >= 4 is 0 Å². The third-order valence-corrected chi connectivity index (χ3v) is 3.41. The van der Waals surface area contributed by atoms with E-state index in [1.165, 1.54) is 16.8 Å². The lowest BCUT2D eigenvalue weighted by atomic mass is 9.98. The molecule has 1 saturated heterocycles. The van der Waals surface area contributed by atoms with E-state index in [4.69, 9.17) is 15.2 Å². The highest BCUT2D eigenvalue weighted by atomic mass is 16.6. The minimum Gasteiger partial charge on any atom is -0.478 e. The molecule has 0 radical (unpaired) electrons. The van der Waals surface area contributed by atoms with Crippen molar-refractivity contribution in [2.24, 2.45) is 11.7 Å². The van der Waals surface area contributed by atoms with Crippen LogP contribution in [0.4, 0.5) is 0 Å². The Labute approximate surface area is 115 Å². The zero-order valence-corrected chi connectivity index (χ0v) is 11.4. The maximum Gasteiger partial charge on any atom is 0.352 e. The highest BCUT2D eigenvalue weighted by Crippen LogP contribution is 2.37. The molecule has 0 aromatic carbocycles. The van der Waals surface area contributed by atoms with Gasteiger partial charge in [0, 0.05) is 18.2 Å². The molecule has 0 bridgehead atoms. The zero-order chi connectivity index (χ0) is 14.9. The summed E-state index contributed by atoms with van der Waals surface area (Å²) in [4.78, 5) is 15.7. The number of rotatable bonds is 4. The van der Waals surface area contributed by atoms with E-state index in [1.807, 2.05) is 0 Å². The van der Waals surface area contributed by atoms with Crippen LogP contribution >= 0.6 is 0 Å². The first-order valence-corrected chi connectivity index (χ1v) is 6.40. The molecule has 0 saturated carbocycles. The van der Waals surface area contributed by atoms with Crippen LogP contribution in [-0.4, -0.2) is 44.8 Å². The Balaban J connectivity index is 2.31. The molecule has 4 atom stereocenters. The smallest absolute Gasteiger partial charge is 0.352 e. The van der Waals surface area contributed by atoms with E-state index < -0.39 is 36.3 Å². The summed E-state index contributed by atoms with van der Waals surface area (Å²) < 4.78 is 11.8. The van der Waals surface area contributed by atoms with Gasteiger partial charge in [0.25, 0.3) is 0 Å². The second-order valence-electron chi connectivity index (χ2n) is 4.81. The number of hydrogen-bond donors (Lipinski definition) is 3. The van der Waals surface area contributed by atoms with Crippen molar-refractivity contribution < 1.29 is 19.7 Å². The van der Waals surface area contributed by atoms with E-state index in [2.05, 4.69) is 4.98 Å². The minimum atomic E-state index is -1.58. The normalized spacial score (nSPS) is 33.4. The molecule has 1 fully saturated rings. The predicted molar refractivity (Wildman–Crippen MR) is 69.0 cm³/mol. The first-order valence-electron chi connectivity index (χ1n) is 6.40. The lowest BCUT2D eigenvalue weighted by Gasteiger charge is -2.24. The molecular weight excluding hydrogens is 266 g/mol. The molecule has 2 rings (SSSR count). The third-order valence-electron chi connectivity index (χ3n) is 3.41. The molecule has 4 N–H and O–H groups in total. The largest absolute Gasteiger partial charge is 0.478 e. The molecular formula is C12H19N3O5. The molecule has 4 unspecified atom stereocenters. The summed E-state index contributed by atoms with van der Waals surface area (Å²) in [6, 6.07) is 1.53. The number of ether oxygens (including phenoxy) is 2. The molecule has 8 nitrogen and oxygen atoms in total. The first-order chi connectivity index (χ1) is 9.42. The predicted octanol–water partition coefficient (Wildman–Crippen LogP) is -1.18. The molecule has 20 heavy (non-hydrogen) atoms. The van der Waals surface area contributed by atoms with E-state index >= 15 is 0 Å². The minimum absolute atomic E-state index is 0.223. The lowest BCUT2D eigenvalue weighted by Crippen LogP contribution is -2.52. The Morgan fingerprint density at radius 1 is 1.65 bits per heavy atom. The van der Waals surface area contributed by atoms with Gasteiger partial charge in [-0.2, -0.15) is 4.98 Å². The monoisotopic (exact) mass is 285 g/mol. The summed E-state index contributed by atoms with van der Waals surface area (Å²) in [5.74, 6) is -0.245. The second-order valence-corrected chi connectivity index (χ2v) is 4.81. The molecule has 1 aromatic rings.